The third kappa shape index (κ3) is 5.47. The van der Waals surface area contributed by atoms with Crippen LogP contribution in [0.3, 0.4) is 0 Å². The van der Waals surface area contributed by atoms with Crippen LogP contribution >= 0.6 is 11.6 Å². The topological polar surface area (TPSA) is 100 Å². The number of benzene rings is 1. The van der Waals surface area contributed by atoms with Crippen LogP contribution in [-0.4, -0.2) is 37.5 Å². The number of ether oxygens (including phenoxy) is 2. The second-order valence-electron chi connectivity index (χ2n) is 7.54. The summed E-state index contributed by atoms with van der Waals surface area (Å²) in [6.45, 7) is 9.83. The van der Waals surface area contributed by atoms with Crippen LogP contribution in [0.5, 0.6) is 5.75 Å². The number of hydrogen-bond acceptors (Lipinski definition) is 6. The van der Waals surface area contributed by atoms with E-state index in [1.165, 1.54) is 4.68 Å². The molecule has 0 atom stereocenters. The van der Waals surface area contributed by atoms with Crippen molar-refractivity contribution in [1.29, 1.82) is 0 Å². The summed E-state index contributed by atoms with van der Waals surface area (Å²) in [5, 5.41) is 11.8. The summed E-state index contributed by atoms with van der Waals surface area (Å²) in [4.78, 5) is 25.0. The quantitative estimate of drug-likeness (QED) is 0.506. The van der Waals surface area contributed by atoms with Gasteiger partial charge in [-0.3, -0.25) is 9.48 Å². The van der Waals surface area contributed by atoms with Crippen LogP contribution < -0.4 is 10.1 Å². The van der Waals surface area contributed by atoms with Crippen molar-refractivity contribution in [3.8, 4) is 5.75 Å². The van der Waals surface area contributed by atoms with Crippen LogP contribution in [0.1, 0.15) is 52.9 Å². The van der Waals surface area contributed by atoms with Gasteiger partial charge in [-0.25, -0.2) is 9.48 Å². The standard InChI is InChI=1S/C22H26ClN5O4/c1-6-27-11-18(20(26-27)22(30)32-13(2)3)24-21(29)17-7-8-28(25-17)12-31-16-9-14(4)19(23)15(5)10-16/h7-11,13H,6,12H2,1-5H3,(H,24,29). The predicted octanol–water partition coefficient (Wildman–Crippen LogP) is 4.22. The molecule has 32 heavy (non-hydrogen) atoms. The molecule has 0 saturated heterocycles. The van der Waals surface area contributed by atoms with Crippen molar-refractivity contribution < 1.29 is 19.1 Å². The lowest BCUT2D eigenvalue weighted by atomic mass is 10.1. The highest BCUT2D eigenvalue weighted by Gasteiger charge is 2.22. The minimum absolute atomic E-state index is 0.0464. The monoisotopic (exact) mass is 459 g/mol. The average Bonchev–Trinajstić information content (AvgIpc) is 3.37. The Morgan fingerprint density at radius 3 is 2.47 bits per heavy atom. The molecule has 2 aromatic heterocycles. The van der Waals surface area contributed by atoms with E-state index in [0.29, 0.717) is 17.3 Å². The number of hydrogen-bond donors (Lipinski definition) is 1. The molecule has 3 rings (SSSR count). The summed E-state index contributed by atoms with van der Waals surface area (Å²) in [6, 6.07) is 5.25. The van der Waals surface area contributed by atoms with Gasteiger partial charge in [-0.1, -0.05) is 11.6 Å². The largest absolute Gasteiger partial charge is 0.471 e. The molecule has 0 spiro atoms. The van der Waals surface area contributed by atoms with Gasteiger partial charge in [0.25, 0.3) is 5.91 Å². The van der Waals surface area contributed by atoms with Crippen LogP contribution in [0.15, 0.2) is 30.6 Å². The highest BCUT2D eigenvalue weighted by molar-refractivity contribution is 6.32. The maximum atomic E-state index is 12.7. The molecule has 2 heterocycles. The number of aromatic nitrogens is 4. The number of rotatable bonds is 8. The fourth-order valence-electron chi connectivity index (χ4n) is 2.97. The molecule has 0 aliphatic carbocycles. The molecule has 1 aromatic carbocycles. The highest BCUT2D eigenvalue weighted by atomic mass is 35.5. The number of nitrogens with zero attached hydrogens (tertiary/aromatic N) is 4. The molecule has 1 N–H and O–H groups in total. The van der Waals surface area contributed by atoms with E-state index in [1.54, 1.807) is 37.0 Å². The summed E-state index contributed by atoms with van der Waals surface area (Å²) in [7, 11) is 0. The number of nitrogens with one attached hydrogen (secondary N) is 1. The van der Waals surface area contributed by atoms with Gasteiger partial charge >= 0.3 is 5.97 Å². The van der Waals surface area contributed by atoms with E-state index in [2.05, 4.69) is 15.5 Å². The van der Waals surface area contributed by atoms with E-state index in [1.807, 2.05) is 32.9 Å². The molecule has 0 fully saturated rings. The fourth-order valence-corrected chi connectivity index (χ4v) is 3.08. The number of anilines is 1. The lowest BCUT2D eigenvalue weighted by Gasteiger charge is -2.10. The Hall–Kier alpha value is -3.33. The zero-order chi connectivity index (χ0) is 23.4. The van der Waals surface area contributed by atoms with Crippen molar-refractivity contribution in [2.24, 2.45) is 0 Å². The van der Waals surface area contributed by atoms with Gasteiger partial charge in [-0.15, -0.1) is 0 Å². The molecular formula is C22H26ClN5O4. The van der Waals surface area contributed by atoms with Crippen molar-refractivity contribution in [2.45, 2.75) is 54.0 Å². The smallest absolute Gasteiger partial charge is 0.361 e. The second kappa shape index (κ2) is 9.86. The van der Waals surface area contributed by atoms with Crippen LogP contribution in [0.2, 0.25) is 5.02 Å². The summed E-state index contributed by atoms with van der Waals surface area (Å²) in [5.41, 5.74) is 2.32. The average molecular weight is 460 g/mol. The first kappa shape index (κ1) is 23.3. The summed E-state index contributed by atoms with van der Waals surface area (Å²) >= 11 is 6.19. The Balaban J connectivity index is 1.69. The van der Waals surface area contributed by atoms with Crippen LogP contribution in [0.4, 0.5) is 5.69 Å². The van der Waals surface area contributed by atoms with Gasteiger partial charge < -0.3 is 14.8 Å². The predicted molar refractivity (Wildman–Crippen MR) is 120 cm³/mol. The van der Waals surface area contributed by atoms with Crippen LogP contribution in [-0.2, 0) is 18.0 Å². The number of aryl methyl sites for hydroxylation is 3. The molecular weight excluding hydrogens is 434 g/mol. The molecule has 0 aliphatic heterocycles. The van der Waals surface area contributed by atoms with E-state index >= 15 is 0 Å². The van der Waals surface area contributed by atoms with Crippen molar-refractivity contribution in [2.75, 3.05) is 5.32 Å². The number of carbonyl (C=O) groups excluding carboxylic acids is 2. The van der Waals surface area contributed by atoms with Crippen LogP contribution in [0, 0.1) is 13.8 Å². The van der Waals surface area contributed by atoms with E-state index in [0.717, 1.165) is 11.1 Å². The number of amides is 1. The Morgan fingerprint density at radius 2 is 1.84 bits per heavy atom. The van der Waals surface area contributed by atoms with Crippen molar-refractivity contribution in [3.63, 3.8) is 0 Å². The molecule has 0 saturated carbocycles. The normalized spacial score (nSPS) is 11.0. The Bertz CT molecular complexity index is 1110. The summed E-state index contributed by atoms with van der Waals surface area (Å²) < 4.78 is 14.0. The van der Waals surface area contributed by atoms with E-state index < -0.39 is 11.9 Å². The third-order valence-corrected chi connectivity index (χ3v) is 5.11. The number of esters is 1. The van der Waals surface area contributed by atoms with Crippen molar-refractivity contribution >= 4 is 29.2 Å². The first-order valence-electron chi connectivity index (χ1n) is 10.2. The fraction of sp³-hybridized carbons (Fsp3) is 0.364. The lowest BCUT2D eigenvalue weighted by molar-refractivity contribution is 0.0371. The van der Waals surface area contributed by atoms with Gasteiger partial charge in [0.05, 0.1) is 11.8 Å². The maximum absolute atomic E-state index is 12.7. The van der Waals surface area contributed by atoms with Gasteiger partial charge in [0.2, 0.25) is 0 Å². The summed E-state index contributed by atoms with van der Waals surface area (Å²) in [6.07, 6.45) is 2.91. The van der Waals surface area contributed by atoms with Gasteiger partial charge in [-0.2, -0.15) is 10.2 Å². The van der Waals surface area contributed by atoms with E-state index in [4.69, 9.17) is 21.1 Å². The lowest BCUT2D eigenvalue weighted by Crippen LogP contribution is -2.18. The van der Waals surface area contributed by atoms with Gasteiger partial charge in [0, 0.05) is 24.0 Å². The minimum atomic E-state index is -0.602. The van der Waals surface area contributed by atoms with Crippen molar-refractivity contribution in [1.82, 2.24) is 19.6 Å². The third-order valence-electron chi connectivity index (χ3n) is 4.52. The summed E-state index contributed by atoms with van der Waals surface area (Å²) in [5.74, 6) is -0.419. The molecule has 1 amide bonds. The maximum Gasteiger partial charge on any atom is 0.361 e. The molecule has 0 bridgehead atoms. The molecule has 3 aromatic rings. The number of halogens is 1. The number of carbonyl (C=O) groups is 2. The van der Waals surface area contributed by atoms with Gasteiger partial charge in [0.15, 0.2) is 18.1 Å². The Labute approximate surface area is 191 Å². The van der Waals surface area contributed by atoms with Crippen molar-refractivity contribution in [3.05, 3.63) is 58.1 Å². The van der Waals surface area contributed by atoms with E-state index in [-0.39, 0.29) is 29.9 Å². The van der Waals surface area contributed by atoms with E-state index in [9.17, 15) is 9.59 Å². The van der Waals surface area contributed by atoms with Crippen LogP contribution in [0.25, 0.3) is 0 Å². The molecule has 10 heteroatoms. The molecule has 0 radical (unpaired) electrons. The second-order valence-corrected chi connectivity index (χ2v) is 7.92. The molecule has 0 unspecified atom stereocenters. The zero-order valence-corrected chi connectivity index (χ0v) is 19.4. The molecule has 9 nitrogen and oxygen atoms in total. The minimum Gasteiger partial charge on any atom is -0.471 e. The molecule has 0 aliphatic rings. The van der Waals surface area contributed by atoms with Gasteiger partial charge in [0.1, 0.15) is 5.75 Å². The highest BCUT2D eigenvalue weighted by Crippen LogP contribution is 2.26. The first-order valence-corrected chi connectivity index (χ1v) is 10.6. The first-order chi connectivity index (χ1) is 15.2. The Kier molecular flexibility index (Phi) is 7.19. The SMILES string of the molecule is CCn1cc(NC(=O)c2ccn(COc3cc(C)c(Cl)c(C)c3)n2)c(C(=O)OC(C)C)n1. The zero-order valence-electron chi connectivity index (χ0n) is 18.7. The Morgan fingerprint density at radius 1 is 1.16 bits per heavy atom. The van der Waals surface area contributed by atoms with Gasteiger partial charge in [-0.05, 0) is 63.9 Å². The molecule has 170 valence electrons.